The van der Waals surface area contributed by atoms with E-state index in [1.807, 2.05) is 29.2 Å². The molecule has 1 spiro atoms. The molecule has 2 unspecified atom stereocenters. The number of para-hydroxylation sites is 1. The van der Waals surface area contributed by atoms with Crippen molar-refractivity contribution in [3.05, 3.63) is 58.7 Å². The predicted molar refractivity (Wildman–Crippen MR) is 102 cm³/mol. The summed E-state index contributed by atoms with van der Waals surface area (Å²) in [7, 11) is 0. The van der Waals surface area contributed by atoms with Gasteiger partial charge in [-0.05, 0) is 50.8 Å². The summed E-state index contributed by atoms with van der Waals surface area (Å²) in [6, 6.07) is 12.4. The molecule has 4 nitrogen and oxygen atoms in total. The van der Waals surface area contributed by atoms with Gasteiger partial charge in [0.05, 0.1) is 12.3 Å². The number of nitrogens with zero attached hydrogens (tertiary/aromatic N) is 1. The normalized spacial score (nSPS) is 27.9. The molecule has 0 saturated carbocycles. The Bertz CT molecular complexity index is 949. The summed E-state index contributed by atoms with van der Waals surface area (Å²) >= 11 is 0. The Morgan fingerprint density at radius 2 is 2.00 bits per heavy atom. The van der Waals surface area contributed by atoms with E-state index in [9.17, 15) is 4.79 Å². The van der Waals surface area contributed by atoms with Gasteiger partial charge in [0, 0.05) is 22.4 Å². The van der Waals surface area contributed by atoms with Gasteiger partial charge in [-0.3, -0.25) is 4.79 Å². The Kier molecular flexibility index (Phi) is 2.99. The minimum atomic E-state index is -1.12. The van der Waals surface area contributed by atoms with Crippen LogP contribution in [0.15, 0.2) is 36.4 Å². The van der Waals surface area contributed by atoms with Gasteiger partial charge < -0.3 is 15.0 Å². The Balaban J connectivity index is 1.77. The zero-order valence-corrected chi connectivity index (χ0v) is 15.7. The molecule has 3 aliphatic heterocycles. The molecular formula is C22H24N2O2. The highest BCUT2D eigenvalue weighted by atomic mass is 16.5. The van der Waals surface area contributed by atoms with Crippen LogP contribution in [0.25, 0.3) is 0 Å². The van der Waals surface area contributed by atoms with E-state index in [-0.39, 0.29) is 11.4 Å². The molecular weight excluding hydrogens is 324 g/mol. The van der Waals surface area contributed by atoms with Crippen molar-refractivity contribution in [1.82, 2.24) is 0 Å². The number of hydrogen-bond donors (Lipinski definition) is 1. The number of aryl methyl sites for hydroxylation is 1. The van der Waals surface area contributed by atoms with Gasteiger partial charge in [0.2, 0.25) is 5.72 Å². The van der Waals surface area contributed by atoms with E-state index in [1.165, 1.54) is 11.1 Å². The standard InChI is InChI=1S/C22H24N2O2/c1-13-9-16-14(2)11-21(3,4)24-19(16)17(10-13)22(20(24)25)23-18-8-6-5-7-15(18)12-26-22/h5-10,14,23H,11-12H2,1-4H3. The van der Waals surface area contributed by atoms with Gasteiger partial charge in [-0.15, -0.1) is 0 Å². The molecule has 5 rings (SSSR count). The molecule has 0 saturated heterocycles. The van der Waals surface area contributed by atoms with Crippen molar-refractivity contribution in [2.45, 2.75) is 57.9 Å². The maximum Gasteiger partial charge on any atom is 0.285 e. The van der Waals surface area contributed by atoms with Crippen LogP contribution in [0.4, 0.5) is 11.4 Å². The fourth-order valence-corrected chi connectivity index (χ4v) is 5.04. The van der Waals surface area contributed by atoms with Crippen LogP contribution < -0.4 is 10.2 Å². The monoisotopic (exact) mass is 348 g/mol. The number of ether oxygens (including phenoxy) is 1. The highest BCUT2D eigenvalue weighted by Gasteiger charge is 2.59. The third-order valence-corrected chi connectivity index (χ3v) is 6.11. The van der Waals surface area contributed by atoms with Gasteiger partial charge in [0.1, 0.15) is 0 Å². The average molecular weight is 348 g/mol. The van der Waals surface area contributed by atoms with Crippen LogP contribution in [0.3, 0.4) is 0 Å². The third kappa shape index (κ3) is 1.85. The molecule has 3 aliphatic rings. The number of nitrogens with one attached hydrogen (secondary N) is 1. The zero-order chi connectivity index (χ0) is 18.3. The molecule has 0 aromatic heterocycles. The zero-order valence-electron chi connectivity index (χ0n) is 15.7. The molecule has 0 bridgehead atoms. The molecule has 1 N–H and O–H groups in total. The smallest absolute Gasteiger partial charge is 0.285 e. The van der Waals surface area contributed by atoms with Gasteiger partial charge in [-0.2, -0.15) is 0 Å². The van der Waals surface area contributed by atoms with Gasteiger partial charge in [-0.25, -0.2) is 0 Å². The van der Waals surface area contributed by atoms with E-state index in [4.69, 9.17) is 4.74 Å². The van der Waals surface area contributed by atoms with E-state index in [1.54, 1.807) is 0 Å². The minimum Gasteiger partial charge on any atom is -0.345 e. The number of carbonyl (C=O) groups excluding carboxylic acids is 1. The first-order chi connectivity index (χ1) is 12.3. The molecule has 3 heterocycles. The Morgan fingerprint density at radius 1 is 1.23 bits per heavy atom. The molecule has 2 aromatic rings. The summed E-state index contributed by atoms with van der Waals surface area (Å²) in [5.41, 5.74) is 5.15. The Morgan fingerprint density at radius 3 is 2.81 bits per heavy atom. The molecule has 0 fully saturated rings. The van der Waals surface area contributed by atoms with Crippen LogP contribution in [-0.4, -0.2) is 11.4 Å². The first-order valence-corrected chi connectivity index (χ1v) is 9.33. The van der Waals surface area contributed by atoms with Gasteiger partial charge in [-0.1, -0.05) is 36.8 Å². The van der Waals surface area contributed by atoms with E-state index < -0.39 is 5.72 Å². The molecule has 0 radical (unpaired) electrons. The molecule has 134 valence electrons. The Labute approximate surface area is 154 Å². The van der Waals surface area contributed by atoms with Gasteiger partial charge >= 0.3 is 0 Å². The second-order valence-corrected chi connectivity index (χ2v) is 8.56. The third-order valence-electron chi connectivity index (χ3n) is 6.11. The lowest BCUT2D eigenvalue weighted by molar-refractivity contribution is -0.143. The van der Waals surface area contributed by atoms with Gasteiger partial charge in [0.25, 0.3) is 5.91 Å². The maximum absolute atomic E-state index is 13.7. The van der Waals surface area contributed by atoms with Crippen molar-refractivity contribution < 1.29 is 9.53 Å². The lowest BCUT2D eigenvalue weighted by atomic mass is 9.79. The number of rotatable bonds is 0. The fourth-order valence-electron chi connectivity index (χ4n) is 5.04. The SMILES string of the molecule is Cc1cc2c3c(c1)C1(Nc4ccccc4CO1)C(=O)N3C(C)(C)CC2C. The quantitative estimate of drug-likeness (QED) is 0.766. The summed E-state index contributed by atoms with van der Waals surface area (Å²) in [5.74, 6) is 0.416. The minimum absolute atomic E-state index is 0.00533. The number of anilines is 2. The lowest BCUT2D eigenvalue weighted by Crippen LogP contribution is -2.56. The van der Waals surface area contributed by atoms with Crippen molar-refractivity contribution in [3.63, 3.8) is 0 Å². The van der Waals surface area contributed by atoms with Crippen LogP contribution in [-0.2, 0) is 21.9 Å². The highest BCUT2D eigenvalue weighted by molar-refractivity contribution is 6.11. The molecule has 2 atom stereocenters. The first-order valence-electron chi connectivity index (χ1n) is 9.33. The van der Waals surface area contributed by atoms with Crippen molar-refractivity contribution >= 4 is 17.3 Å². The summed E-state index contributed by atoms with van der Waals surface area (Å²) in [6.45, 7) is 9.10. The molecule has 0 aliphatic carbocycles. The van der Waals surface area contributed by atoms with Gasteiger partial charge in [0.15, 0.2) is 0 Å². The van der Waals surface area contributed by atoms with Crippen LogP contribution >= 0.6 is 0 Å². The summed E-state index contributed by atoms with van der Waals surface area (Å²) in [5, 5.41) is 3.46. The number of amides is 1. The van der Waals surface area contributed by atoms with E-state index in [2.05, 4.69) is 45.1 Å². The molecule has 1 amide bonds. The van der Waals surface area contributed by atoms with Crippen molar-refractivity contribution in [3.8, 4) is 0 Å². The number of hydrogen-bond acceptors (Lipinski definition) is 3. The lowest BCUT2D eigenvalue weighted by Gasteiger charge is -2.44. The fraction of sp³-hybridized carbons (Fsp3) is 0.409. The largest absolute Gasteiger partial charge is 0.345 e. The van der Waals surface area contributed by atoms with E-state index >= 15 is 0 Å². The van der Waals surface area contributed by atoms with Crippen LogP contribution in [0.5, 0.6) is 0 Å². The van der Waals surface area contributed by atoms with E-state index in [0.717, 1.165) is 28.9 Å². The van der Waals surface area contributed by atoms with Crippen molar-refractivity contribution in [1.29, 1.82) is 0 Å². The predicted octanol–water partition coefficient (Wildman–Crippen LogP) is 4.42. The summed E-state index contributed by atoms with van der Waals surface area (Å²) < 4.78 is 6.29. The topological polar surface area (TPSA) is 41.6 Å². The van der Waals surface area contributed by atoms with Crippen molar-refractivity contribution in [2.24, 2.45) is 0 Å². The van der Waals surface area contributed by atoms with Crippen molar-refractivity contribution in [2.75, 3.05) is 10.2 Å². The van der Waals surface area contributed by atoms with Crippen LogP contribution in [0.1, 0.15) is 55.4 Å². The summed E-state index contributed by atoms with van der Waals surface area (Å²) in [6.07, 6.45) is 0.946. The first kappa shape index (κ1) is 15.9. The highest BCUT2D eigenvalue weighted by Crippen LogP contribution is 2.55. The van der Waals surface area contributed by atoms with Crippen LogP contribution in [0, 0.1) is 6.92 Å². The maximum atomic E-state index is 13.7. The van der Waals surface area contributed by atoms with E-state index in [0.29, 0.717) is 12.5 Å². The number of fused-ring (bicyclic) bond motifs is 2. The second kappa shape index (κ2) is 4.89. The molecule has 4 heteroatoms. The van der Waals surface area contributed by atoms with Crippen LogP contribution in [0.2, 0.25) is 0 Å². The average Bonchev–Trinajstić information content (AvgIpc) is 2.82. The molecule has 26 heavy (non-hydrogen) atoms. The second-order valence-electron chi connectivity index (χ2n) is 8.56. The summed E-state index contributed by atoms with van der Waals surface area (Å²) in [4.78, 5) is 15.7. The Hall–Kier alpha value is -2.33. The number of carbonyl (C=O) groups is 1. The molecule has 2 aromatic carbocycles. The number of benzene rings is 2.